The number of anilines is 1. The highest BCUT2D eigenvalue weighted by molar-refractivity contribution is 7.10. The van der Waals surface area contributed by atoms with E-state index in [1.165, 1.54) is 23.5 Å². The van der Waals surface area contributed by atoms with E-state index in [2.05, 4.69) is 5.32 Å². The number of hydrogen-bond acceptors (Lipinski definition) is 3. The van der Waals surface area contributed by atoms with Crippen molar-refractivity contribution >= 4 is 28.6 Å². The molecular weight excluding hydrogens is 309 g/mol. The lowest BCUT2D eigenvalue weighted by Gasteiger charge is -2.14. The lowest BCUT2D eigenvalue weighted by Crippen LogP contribution is -2.11. The van der Waals surface area contributed by atoms with Crippen LogP contribution in [0.15, 0.2) is 29.6 Å². The standard InChI is InChI=1S/C13H8ClF3N2S/c14-9-4-10(20-7-9)6-19-12-2-1-8(5-18)3-11(12)13(15,16)17/h1-4,7,19H,6H2. The molecule has 0 aliphatic rings. The molecule has 1 heterocycles. The molecule has 7 heteroatoms. The van der Waals surface area contributed by atoms with Crippen LogP contribution < -0.4 is 5.32 Å². The number of benzene rings is 1. The number of nitrogens with one attached hydrogen (secondary N) is 1. The number of hydrogen-bond donors (Lipinski definition) is 1. The first-order valence-corrected chi connectivity index (χ1v) is 6.74. The molecule has 0 fully saturated rings. The first-order chi connectivity index (χ1) is 9.40. The Kier molecular flexibility index (Phi) is 4.21. The Bertz CT molecular complexity index is 658. The van der Waals surface area contributed by atoms with Crippen molar-refractivity contribution in [3.63, 3.8) is 0 Å². The van der Waals surface area contributed by atoms with E-state index >= 15 is 0 Å². The predicted molar refractivity (Wildman–Crippen MR) is 72.8 cm³/mol. The third-order valence-corrected chi connectivity index (χ3v) is 3.81. The molecule has 0 aliphatic heterocycles. The minimum atomic E-state index is -4.51. The second kappa shape index (κ2) is 5.73. The van der Waals surface area contributed by atoms with Gasteiger partial charge in [-0.2, -0.15) is 18.4 Å². The van der Waals surface area contributed by atoms with Crippen molar-refractivity contribution in [2.75, 3.05) is 5.32 Å². The van der Waals surface area contributed by atoms with Crippen LogP contribution in [0, 0.1) is 11.3 Å². The van der Waals surface area contributed by atoms with Crippen LogP contribution in [-0.2, 0) is 12.7 Å². The summed E-state index contributed by atoms with van der Waals surface area (Å²) in [5.74, 6) is 0. The smallest absolute Gasteiger partial charge is 0.380 e. The summed E-state index contributed by atoms with van der Waals surface area (Å²) in [5.41, 5.74) is -0.928. The molecule has 20 heavy (non-hydrogen) atoms. The number of nitriles is 1. The van der Waals surface area contributed by atoms with Crippen molar-refractivity contribution in [1.82, 2.24) is 0 Å². The molecule has 0 saturated carbocycles. The molecular formula is C13H8ClF3N2S. The Labute approximate surface area is 122 Å². The maximum absolute atomic E-state index is 12.9. The second-order valence-electron chi connectivity index (χ2n) is 3.95. The normalized spacial score (nSPS) is 11.2. The molecule has 1 aromatic heterocycles. The predicted octanol–water partition coefficient (Wildman–Crippen LogP) is 4.90. The van der Waals surface area contributed by atoms with Gasteiger partial charge in [-0.1, -0.05) is 11.6 Å². The van der Waals surface area contributed by atoms with Gasteiger partial charge >= 0.3 is 6.18 Å². The quantitative estimate of drug-likeness (QED) is 0.873. The van der Waals surface area contributed by atoms with Crippen molar-refractivity contribution in [2.24, 2.45) is 0 Å². The fraction of sp³-hybridized carbons (Fsp3) is 0.154. The third-order valence-electron chi connectivity index (χ3n) is 2.53. The first kappa shape index (κ1) is 14.7. The minimum Gasteiger partial charge on any atom is -0.380 e. The summed E-state index contributed by atoms with van der Waals surface area (Å²) >= 11 is 7.11. The average molecular weight is 317 g/mol. The van der Waals surface area contributed by atoms with E-state index in [-0.39, 0.29) is 17.8 Å². The molecule has 2 aromatic rings. The fourth-order valence-corrected chi connectivity index (χ4v) is 2.64. The molecule has 0 aliphatic carbocycles. The van der Waals surface area contributed by atoms with Crippen LogP contribution in [0.1, 0.15) is 16.0 Å². The largest absolute Gasteiger partial charge is 0.418 e. The summed E-state index contributed by atoms with van der Waals surface area (Å²) in [6.07, 6.45) is -4.51. The SMILES string of the molecule is N#Cc1ccc(NCc2cc(Cl)cs2)c(C(F)(F)F)c1. The summed E-state index contributed by atoms with van der Waals surface area (Å²) in [7, 11) is 0. The van der Waals surface area contributed by atoms with E-state index in [1.54, 1.807) is 17.5 Å². The van der Waals surface area contributed by atoms with Crippen LogP contribution in [-0.4, -0.2) is 0 Å². The van der Waals surface area contributed by atoms with Crippen LogP contribution in [0.25, 0.3) is 0 Å². The summed E-state index contributed by atoms with van der Waals surface area (Å²) in [6.45, 7) is 0.242. The highest BCUT2D eigenvalue weighted by atomic mass is 35.5. The zero-order valence-electron chi connectivity index (χ0n) is 9.96. The van der Waals surface area contributed by atoms with Gasteiger partial charge in [0.15, 0.2) is 0 Å². The Balaban J connectivity index is 2.25. The van der Waals surface area contributed by atoms with Crippen LogP contribution in [0.4, 0.5) is 18.9 Å². The van der Waals surface area contributed by atoms with Gasteiger partial charge in [0, 0.05) is 22.5 Å². The molecule has 1 N–H and O–H groups in total. The minimum absolute atomic E-state index is 0.0259. The number of rotatable bonds is 3. The highest BCUT2D eigenvalue weighted by Crippen LogP contribution is 2.35. The van der Waals surface area contributed by atoms with E-state index in [4.69, 9.17) is 16.9 Å². The molecule has 0 saturated heterocycles. The number of thiophene rings is 1. The molecule has 2 nitrogen and oxygen atoms in total. The molecule has 0 radical (unpaired) electrons. The summed E-state index contributed by atoms with van der Waals surface area (Å²) < 4.78 is 38.8. The van der Waals surface area contributed by atoms with Crippen molar-refractivity contribution in [3.8, 4) is 6.07 Å². The zero-order valence-corrected chi connectivity index (χ0v) is 11.5. The molecule has 2 rings (SSSR count). The molecule has 0 bridgehead atoms. The Morgan fingerprint density at radius 3 is 2.60 bits per heavy atom. The van der Waals surface area contributed by atoms with Gasteiger partial charge in [-0.05, 0) is 24.3 Å². The molecule has 1 aromatic carbocycles. The Morgan fingerprint density at radius 1 is 1.30 bits per heavy atom. The van der Waals surface area contributed by atoms with Crippen LogP contribution in [0.2, 0.25) is 5.02 Å². The van der Waals surface area contributed by atoms with E-state index in [0.29, 0.717) is 5.02 Å². The van der Waals surface area contributed by atoms with Crippen LogP contribution >= 0.6 is 22.9 Å². The van der Waals surface area contributed by atoms with Gasteiger partial charge < -0.3 is 5.32 Å². The zero-order chi connectivity index (χ0) is 14.8. The summed E-state index contributed by atoms with van der Waals surface area (Å²) in [6, 6.07) is 6.83. The van der Waals surface area contributed by atoms with Gasteiger partial charge in [-0.25, -0.2) is 0 Å². The third kappa shape index (κ3) is 3.44. The fourth-order valence-electron chi connectivity index (χ4n) is 1.63. The Hall–Kier alpha value is -1.71. The van der Waals surface area contributed by atoms with Crippen molar-refractivity contribution in [2.45, 2.75) is 12.7 Å². The molecule has 0 amide bonds. The van der Waals surface area contributed by atoms with E-state index in [9.17, 15) is 13.2 Å². The second-order valence-corrected chi connectivity index (χ2v) is 5.39. The van der Waals surface area contributed by atoms with Crippen LogP contribution in [0.3, 0.4) is 0 Å². The van der Waals surface area contributed by atoms with Gasteiger partial charge in [0.25, 0.3) is 0 Å². The molecule has 0 unspecified atom stereocenters. The lowest BCUT2D eigenvalue weighted by molar-refractivity contribution is -0.137. The van der Waals surface area contributed by atoms with Crippen LogP contribution in [0.5, 0.6) is 0 Å². The summed E-state index contributed by atoms with van der Waals surface area (Å²) in [5, 5.41) is 13.7. The van der Waals surface area contributed by atoms with Gasteiger partial charge in [0.05, 0.1) is 22.2 Å². The van der Waals surface area contributed by atoms with Gasteiger partial charge in [0.1, 0.15) is 0 Å². The molecule has 0 spiro atoms. The van der Waals surface area contributed by atoms with E-state index in [0.717, 1.165) is 10.9 Å². The van der Waals surface area contributed by atoms with Gasteiger partial charge in [0.2, 0.25) is 0 Å². The Morgan fingerprint density at radius 2 is 2.05 bits per heavy atom. The average Bonchev–Trinajstić information content (AvgIpc) is 2.81. The topological polar surface area (TPSA) is 35.8 Å². The number of alkyl halides is 3. The summed E-state index contributed by atoms with van der Waals surface area (Å²) in [4.78, 5) is 0.826. The van der Waals surface area contributed by atoms with Crippen molar-refractivity contribution in [1.29, 1.82) is 5.26 Å². The van der Waals surface area contributed by atoms with Gasteiger partial charge in [-0.15, -0.1) is 11.3 Å². The first-order valence-electron chi connectivity index (χ1n) is 5.48. The highest BCUT2D eigenvalue weighted by Gasteiger charge is 2.33. The van der Waals surface area contributed by atoms with E-state index < -0.39 is 11.7 Å². The van der Waals surface area contributed by atoms with Gasteiger partial charge in [-0.3, -0.25) is 0 Å². The maximum Gasteiger partial charge on any atom is 0.418 e. The lowest BCUT2D eigenvalue weighted by atomic mass is 10.1. The monoisotopic (exact) mass is 316 g/mol. The van der Waals surface area contributed by atoms with Crippen molar-refractivity contribution in [3.05, 3.63) is 50.7 Å². The number of nitrogens with zero attached hydrogens (tertiary/aromatic N) is 1. The maximum atomic E-state index is 12.9. The molecule has 0 atom stereocenters. The van der Waals surface area contributed by atoms with E-state index in [1.807, 2.05) is 0 Å². The molecule has 104 valence electrons. The number of halogens is 4. The van der Waals surface area contributed by atoms with Crippen molar-refractivity contribution < 1.29 is 13.2 Å².